The van der Waals surface area contributed by atoms with E-state index in [-0.39, 0.29) is 17.6 Å². The van der Waals surface area contributed by atoms with E-state index in [9.17, 15) is 14.9 Å². The highest BCUT2D eigenvalue weighted by Crippen LogP contribution is 2.29. The fourth-order valence-corrected chi connectivity index (χ4v) is 2.64. The number of benzene rings is 2. The molecule has 0 saturated carbocycles. The summed E-state index contributed by atoms with van der Waals surface area (Å²) in [5.74, 6) is 1.14. The van der Waals surface area contributed by atoms with Gasteiger partial charge in [0.1, 0.15) is 11.5 Å². The van der Waals surface area contributed by atoms with Crippen LogP contribution in [0.4, 0.5) is 11.4 Å². The molecule has 2 atom stereocenters. The monoisotopic (exact) mass is 373 g/mol. The first kappa shape index (κ1) is 20.2. The van der Waals surface area contributed by atoms with Crippen LogP contribution < -0.4 is 20.1 Å². The quantitative estimate of drug-likeness (QED) is 0.544. The normalized spacial score (nSPS) is 12.7. The van der Waals surface area contributed by atoms with E-state index in [1.165, 1.54) is 24.3 Å². The summed E-state index contributed by atoms with van der Waals surface area (Å²) in [7, 11) is 3.17. The maximum atomic E-state index is 12.4. The van der Waals surface area contributed by atoms with Crippen molar-refractivity contribution < 1.29 is 19.2 Å². The Kier molecular flexibility index (Phi) is 6.73. The predicted molar refractivity (Wildman–Crippen MR) is 102 cm³/mol. The third-order valence-electron chi connectivity index (χ3n) is 4.14. The lowest BCUT2D eigenvalue weighted by atomic mass is 10.1. The molecule has 27 heavy (non-hydrogen) atoms. The van der Waals surface area contributed by atoms with Gasteiger partial charge < -0.3 is 14.8 Å². The SMILES string of the molecule is COc1ccc(OC)c([C@@H](C)N[C@@H](C)C(=O)Nc2ccc([N+](=O)[O-])cc2)c1. The Labute approximate surface area is 157 Å². The molecule has 0 aliphatic rings. The Hall–Kier alpha value is -3.13. The number of hydrogen-bond acceptors (Lipinski definition) is 6. The molecule has 0 unspecified atom stereocenters. The molecule has 0 bridgehead atoms. The first-order chi connectivity index (χ1) is 12.8. The number of carbonyl (C=O) groups excluding carboxylic acids is 1. The van der Waals surface area contributed by atoms with Gasteiger partial charge in [-0.1, -0.05) is 0 Å². The summed E-state index contributed by atoms with van der Waals surface area (Å²) in [5.41, 5.74) is 1.33. The van der Waals surface area contributed by atoms with Crippen LogP contribution in [0.1, 0.15) is 25.5 Å². The number of ether oxygens (including phenoxy) is 2. The van der Waals surface area contributed by atoms with E-state index < -0.39 is 11.0 Å². The van der Waals surface area contributed by atoms with Crippen LogP contribution in [0.2, 0.25) is 0 Å². The van der Waals surface area contributed by atoms with Crippen molar-refractivity contribution in [2.24, 2.45) is 0 Å². The standard InChI is InChI=1S/C19H23N3O5/c1-12(17-11-16(26-3)9-10-18(17)27-4)20-13(2)19(23)21-14-5-7-15(8-6-14)22(24)25/h5-13,20H,1-4H3,(H,21,23)/t12-,13+/m1/s1. The second kappa shape index (κ2) is 9.00. The highest BCUT2D eigenvalue weighted by molar-refractivity contribution is 5.94. The van der Waals surface area contributed by atoms with Gasteiger partial charge in [0.15, 0.2) is 0 Å². The fourth-order valence-electron chi connectivity index (χ4n) is 2.64. The second-order valence-electron chi connectivity index (χ2n) is 6.01. The highest BCUT2D eigenvalue weighted by Gasteiger charge is 2.19. The Morgan fingerprint density at radius 1 is 1.07 bits per heavy atom. The van der Waals surface area contributed by atoms with E-state index in [0.717, 1.165) is 5.56 Å². The zero-order valence-corrected chi connectivity index (χ0v) is 15.7. The van der Waals surface area contributed by atoms with Crippen molar-refractivity contribution in [3.63, 3.8) is 0 Å². The molecule has 0 aliphatic heterocycles. The van der Waals surface area contributed by atoms with Gasteiger partial charge >= 0.3 is 0 Å². The number of anilines is 1. The van der Waals surface area contributed by atoms with E-state index >= 15 is 0 Å². The van der Waals surface area contributed by atoms with Crippen molar-refractivity contribution in [3.8, 4) is 11.5 Å². The molecule has 0 aromatic heterocycles. The van der Waals surface area contributed by atoms with Crippen LogP contribution in [0.25, 0.3) is 0 Å². The molecule has 2 aromatic carbocycles. The van der Waals surface area contributed by atoms with Crippen molar-refractivity contribution in [1.29, 1.82) is 0 Å². The van der Waals surface area contributed by atoms with E-state index in [0.29, 0.717) is 17.2 Å². The molecule has 2 rings (SSSR count). The van der Waals surface area contributed by atoms with Gasteiger partial charge in [0, 0.05) is 29.4 Å². The lowest BCUT2D eigenvalue weighted by Gasteiger charge is -2.22. The molecule has 2 N–H and O–H groups in total. The molecule has 2 aromatic rings. The van der Waals surface area contributed by atoms with Crippen molar-refractivity contribution in [2.75, 3.05) is 19.5 Å². The van der Waals surface area contributed by atoms with Gasteiger partial charge in [-0.25, -0.2) is 0 Å². The number of nitrogens with one attached hydrogen (secondary N) is 2. The average Bonchev–Trinajstić information content (AvgIpc) is 2.67. The summed E-state index contributed by atoms with van der Waals surface area (Å²) in [6.45, 7) is 3.66. The van der Waals surface area contributed by atoms with Crippen molar-refractivity contribution >= 4 is 17.3 Å². The first-order valence-corrected chi connectivity index (χ1v) is 8.39. The lowest BCUT2D eigenvalue weighted by Crippen LogP contribution is -2.39. The number of nitrogens with zero attached hydrogens (tertiary/aromatic N) is 1. The molecular formula is C19H23N3O5. The zero-order chi connectivity index (χ0) is 20.0. The van der Waals surface area contributed by atoms with Gasteiger partial charge in [-0.3, -0.25) is 20.2 Å². The third kappa shape index (κ3) is 5.18. The number of nitro groups is 1. The predicted octanol–water partition coefficient (Wildman–Crippen LogP) is 3.29. The molecular weight excluding hydrogens is 350 g/mol. The molecule has 0 heterocycles. The minimum Gasteiger partial charge on any atom is -0.497 e. The van der Waals surface area contributed by atoms with Gasteiger partial charge in [0.25, 0.3) is 5.69 Å². The Bertz CT molecular complexity index is 807. The lowest BCUT2D eigenvalue weighted by molar-refractivity contribution is -0.384. The summed E-state index contributed by atoms with van der Waals surface area (Å²) in [6.07, 6.45) is 0. The summed E-state index contributed by atoms with van der Waals surface area (Å²) >= 11 is 0. The summed E-state index contributed by atoms with van der Waals surface area (Å²) in [5, 5.41) is 16.6. The van der Waals surface area contributed by atoms with Crippen molar-refractivity contribution in [2.45, 2.75) is 25.9 Å². The smallest absolute Gasteiger partial charge is 0.269 e. The van der Waals surface area contributed by atoms with E-state index in [2.05, 4.69) is 10.6 Å². The Morgan fingerprint density at radius 2 is 1.74 bits per heavy atom. The molecule has 0 fully saturated rings. The van der Waals surface area contributed by atoms with Gasteiger partial charge in [0.05, 0.1) is 25.2 Å². The van der Waals surface area contributed by atoms with Crippen LogP contribution in [0, 0.1) is 10.1 Å². The molecule has 0 radical (unpaired) electrons. The maximum absolute atomic E-state index is 12.4. The summed E-state index contributed by atoms with van der Waals surface area (Å²) < 4.78 is 10.6. The molecule has 0 aliphatic carbocycles. The number of rotatable bonds is 8. The number of carbonyl (C=O) groups is 1. The summed E-state index contributed by atoms with van der Waals surface area (Å²) in [4.78, 5) is 22.6. The molecule has 8 heteroatoms. The number of amides is 1. The van der Waals surface area contributed by atoms with Crippen LogP contribution in [-0.4, -0.2) is 31.1 Å². The average molecular weight is 373 g/mol. The first-order valence-electron chi connectivity index (χ1n) is 8.39. The molecule has 8 nitrogen and oxygen atoms in total. The van der Waals surface area contributed by atoms with Crippen molar-refractivity contribution in [1.82, 2.24) is 5.32 Å². The van der Waals surface area contributed by atoms with Crippen LogP contribution in [0.3, 0.4) is 0 Å². The second-order valence-corrected chi connectivity index (χ2v) is 6.01. The zero-order valence-electron chi connectivity index (χ0n) is 15.7. The van der Waals surface area contributed by atoms with Crippen LogP contribution in [0.5, 0.6) is 11.5 Å². The number of methoxy groups -OCH3 is 2. The van der Waals surface area contributed by atoms with Gasteiger partial charge in [0.2, 0.25) is 5.91 Å². The molecule has 144 valence electrons. The number of hydrogen-bond donors (Lipinski definition) is 2. The van der Waals surface area contributed by atoms with Gasteiger partial charge in [-0.15, -0.1) is 0 Å². The van der Waals surface area contributed by atoms with Crippen LogP contribution in [-0.2, 0) is 4.79 Å². The third-order valence-corrected chi connectivity index (χ3v) is 4.14. The minimum atomic E-state index is -0.508. The Morgan fingerprint density at radius 3 is 2.30 bits per heavy atom. The highest BCUT2D eigenvalue weighted by atomic mass is 16.6. The van der Waals surface area contributed by atoms with Gasteiger partial charge in [-0.2, -0.15) is 0 Å². The maximum Gasteiger partial charge on any atom is 0.269 e. The number of non-ortho nitro benzene ring substituents is 1. The Balaban J connectivity index is 2.04. The molecule has 0 saturated heterocycles. The fraction of sp³-hybridized carbons (Fsp3) is 0.316. The minimum absolute atomic E-state index is 0.0297. The van der Waals surface area contributed by atoms with Gasteiger partial charge in [-0.05, 0) is 44.2 Å². The van der Waals surface area contributed by atoms with Crippen LogP contribution >= 0.6 is 0 Å². The van der Waals surface area contributed by atoms with E-state index in [4.69, 9.17) is 9.47 Å². The van der Waals surface area contributed by atoms with E-state index in [1.807, 2.05) is 19.1 Å². The topological polar surface area (TPSA) is 103 Å². The van der Waals surface area contributed by atoms with Crippen LogP contribution in [0.15, 0.2) is 42.5 Å². The number of nitro benzene ring substituents is 1. The molecule has 0 spiro atoms. The molecule has 1 amide bonds. The largest absolute Gasteiger partial charge is 0.497 e. The van der Waals surface area contributed by atoms with Crippen molar-refractivity contribution in [3.05, 3.63) is 58.1 Å². The van der Waals surface area contributed by atoms with E-state index in [1.54, 1.807) is 27.2 Å². The summed E-state index contributed by atoms with van der Waals surface area (Å²) in [6, 6.07) is 10.5.